The van der Waals surface area contributed by atoms with Crippen molar-refractivity contribution in [3.8, 4) is 5.75 Å². The lowest BCUT2D eigenvalue weighted by atomic mass is 9.67. The maximum Gasteiger partial charge on any atom is 0.174 e. The Hall–Kier alpha value is -2.82. The zero-order valence-corrected chi connectivity index (χ0v) is 18.9. The predicted molar refractivity (Wildman–Crippen MR) is 129 cm³/mol. The Balaban J connectivity index is 1.45. The molecule has 32 heavy (non-hydrogen) atoms. The van der Waals surface area contributed by atoms with Crippen LogP contribution in [0.15, 0.2) is 72.8 Å². The van der Waals surface area contributed by atoms with Crippen LogP contribution in [0.4, 0.5) is 5.69 Å². The number of carbonyl (C=O) groups excluding carboxylic acids is 1. The second kappa shape index (κ2) is 8.61. The number of anilines is 1. The van der Waals surface area contributed by atoms with E-state index in [2.05, 4.69) is 16.3 Å². The van der Waals surface area contributed by atoms with Crippen molar-refractivity contribution in [1.82, 2.24) is 4.90 Å². The number of carbonyl (C=O) groups is 1. The van der Waals surface area contributed by atoms with Gasteiger partial charge in [-0.25, -0.2) is 0 Å². The van der Waals surface area contributed by atoms with E-state index in [1.807, 2.05) is 66.7 Å². The molecule has 1 spiro atoms. The molecule has 1 fully saturated rings. The minimum atomic E-state index is -0.309. The molecule has 2 aliphatic heterocycles. The van der Waals surface area contributed by atoms with Crippen molar-refractivity contribution in [2.45, 2.75) is 30.8 Å². The molecule has 1 atom stereocenters. The van der Waals surface area contributed by atoms with E-state index in [0.29, 0.717) is 0 Å². The fourth-order valence-corrected chi connectivity index (χ4v) is 5.41. The number of methoxy groups -OCH3 is 1. The molecule has 0 aliphatic carbocycles. The summed E-state index contributed by atoms with van der Waals surface area (Å²) in [5, 5.41) is 4.62. The van der Waals surface area contributed by atoms with Gasteiger partial charge in [0.15, 0.2) is 5.78 Å². The molecule has 3 aromatic carbocycles. The fourth-order valence-electron chi connectivity index (χ4n) is 5.21. The number of nitrogens with zero attached hydrogens (tertiary/aromatic N) is 1. The minimum absolute atomic E-state index is 0.198. The van der Waals surface area contributed by atoms with Gasteiger partial charge in [-0.3, -0.25) is 9.69 Å². The lowest BCUT2D eigenvalue weighted by molar-refractivity contribution is 0.0843. The van der Waals surface area contributed by atoms with E-state index in [4.69, 9.17) is 16.3 Å². The highest BCUT2D eigenvalue weighted by atomic mass is 35.5. The number of hydrogen-bond donors (Lipinski definition) is 1. The normalized spacial score (nSPS) is 19.9. The molecule has 0 aromatic heterocycles. The summed E-state index contributed by atoms with van der Waals surface area (Å²) < 4.78 is 5.34. The van der Waals surface area contributed by atoms with E-state index in [1.54, 1.807) is 7.11 Å². The van der Waals surface area contributed by atoms with Crippen LogP contribution >= 0.6 is 11.6 Å². The summed E-state index contributed by atoms with van der Waals surface area (Å²) in [7, 11) is 1.66. The van der Waals surface area contributed by atoms with Crippen LogP contribution in [-0.4, -0.2) is 36.4 Å². The molecule has 2 heterocycles. The highest BCUT2D eigenvalue weighted by molar-refractivity contribution is 6.31. The van der Waals surface area contributed by atoms with Gasteiger partial charge in [0.2, 0.25) is 0 Å². The first-order valence-electron chi connectivity index (χ1n) is 11.1. The average molecular weight is 447 g/mol. The summed E-state index contributed by atoms with van der Waals surface area (Å²) in [4.78, 5) is 16.2. The molecule has 5 heteroatoms. The number of rotatable bonds is 4. The van der Waals surface area contributed by atoms with E-state index in [9.17, 15) is 4.79 Å². The van der Waals surface area contributed by atoms with Gasteiger partial charge in [0.1, 0.15) is 5.75 Å². The third-order valence-corrected chi connectivity index (χ3v) is 7.31. The first kappa shape index (κ1) is 21.0. The molecular formula is C27H27ClN2O2. The second-order valence-corrected chi connectivity index (χ2v) is 9.17. The van der Waals surface area contributed by atoms with Crippen LogP contribution in [0, 0.1) is 0 Å². The molecule has 0 saturated carbocycles. The minimum Gasteiger partial charge on any atom is -0.497 e. The molecule has 1 saturated heterocycles. The van der Waals surface area contributed by atoms with Gasteiger partial charge in [0.25, 0.3) is 0 Å². The SMILES string of the molecule is COc1ccc(C2C(=O)c3ccccc3NC23CCN(Cc2ccccc2Cl)CC3)cc1. The molecule has 3 aromatic rings. The summed E-state index contributed by atoms with van der Waals surface area (Å²) in [6.07, 6.45) is 1.77. The van der Waals surface area contributed by atoms with E-state index >= 15 is 0 Å². The Morgan fingerprint density at radius 2 is 1.69 bits per heavy atom. The number of ketones is 1. The van der Waals surface area contributed by atoms with Gasteiger partial charge >= 0.3 is 0 Å². The molecule has 1 N–H and O–H groups in total. The first-order chi connectivity index (χ1) is 15.6. The highest BCUT2D eigenvalue weighted by Crippen LogP contribution is 2.46. The largest absolute Gasteiger partial charge is 0.497 e. The fraction of sp³-hybridized carbons (Fsp3) is 0.296. The number of hydrogen-bond acceptors (Lipinski definition) is 4. The molecule has 0 bridgehead atoms. The molecule has 5 rings (SSSR count). The van der Waals surface area contributed by atoms with Crippen LogP contribution in [-0.2, 0) is 6.54 Å². The topological polar surface area (TPSA) is 41.6 Å². The van der Waals surface area contributed by atoms with E-state index in [1.165, 1.54) is 0 Å². The quantitative estimate of drug-likeness (QED) is 0.552. The monoisotopic (exact) mass is 446 g/mol. The summed E-state index contributed by atoms with van der Waals surface area (Å²) in [6, 6.07) is 23.9. The standard InChI is InChI=1S/C27H27ClN2O2/c1-32-21-12-10-19(11-13-21)25-26(31)22-7-3-5-9-24(22)29-27(25)14-16-30(17-15-27)18-20-6-2-4-8-23(20)28/h2-13,25,29H,14-18H2,1H3. The van der Waals surface area contributed by atoms with Gasteiger partial charge in [-0.15, -0.1) is 0 Å². The lowest BCUT2D eigenvalue weighted by Gasteiger charge is -2.50. The number of benzene rings is 3. The Morgan fingerprint density at radius 1 is 1.00 bits per heavy atom. The van der Waals surface area contributed by atoms with Crippen LogP contribution in [0.1, 0.15) is 40.2 Å². The van der Waals surface area contributed by atoms with Gasteiger partial charge in [-0.05, 0) is 54.3 Å². The van der Waals surface area contributed by atoms with Crippen LogP contribution in [0.5, 0.6) is 5.75 Å². The summed E-state index contributed by atoms with van der Waals surface area (Å²) >= 11 is 6.39. The van der Waals surface area contributed by atoms with E-state index < -0.39 is 0 Å². The Kier molecular flexibility index (Phi) is 5.66. The number of piperidine rings is 1. The Labute approximate surface area is 194 Å². The van der Waals surface area contributed by atoms with Gasteiger partial charge in [-0.1, -0.05) is 54.1 Å². The zero-order chi connectivity index (χ0) is 22.1. The van der Waals surface area contributed by atoms with Gasteiger partial charge in [0, 0.05) is 35.9 Å². The zero-order valence-electron chi connectivity index (χ0n) is 18.2. The molecular weight excluding hydrogens is 420 g/mol. The van der Waals surface area contributed by atoms with Gasteiger partial charge in [0.05, 0.1) is 18.6 Å². The Bertz CT molecular complexity index is 1120. The number of likely N-dealkylation sites (tertiary alicyclic amines) is 1. The third kappa shape index (κ3) is 3.78. The van der Waals surface area contributed by atoms with E-state index in [-0.39, 0.29) is 17.2 Å². The molecule has 0 radical (unpaired) electrons. The number of ether oxygens (including phenoxy) is 1. The van der Waals surface area contributed by atoms with Crippen LogP contribution in [0.25, 0.3) is 0 Å². The van der Waals surface area contributed by atoms with Crippen LogP contribution in [0.2, 0.25) is 5.02 Å². The van der Waals surface area contributed by atoms with Crippen molar-refractivity contribution in [1.29, 1.82) is 0 Å². The Morgan fingerprint density at radius 3 is 2.41 bits per heavy atom. The lowest BCUT2D eigenvalue weighted by Crippen LogP contribution is -2.56. The first-order valence-corrected chi connectivity index (χ1v) is 11.5. The predicted octanol–water partition coefficient (Wildman–Crippen LogP) is 5.78. The highest BCUT2D eigenvalue weighted by Gasteiger charge is 2.49. The van der Waals surface area contributed by atoms with Crippen molar-refractivity contribution in [2.24, 2.45) is 0 Å². The van der Waals surface area contributed by atoms with Crippen molar-refractivity contribution in [3.05, 3.63) is 94.5 Å². The van der Waals surface area contributed by atoms with Crippen LogP contribution < -0.4 is 10.1 Å². The number of nitrogens with one attached hydrogen (secondary N) is 1. The van der Waals surface area contributed by atoms with E-state index in [0.717, 1.165) is 65.6 Å². The maximum absolute atomic E-state index is 13.8. The van der Waals surface area contributed by atoms with Gasteiger partial charge < -0.3 is 10.1 Å². The third-order valence-electron chi connectivity index (χ3n) is 6.94. The number of fused-ring (bicyclic) bond motifs is 1. The van der Waals surface area contributed by atoms with Crippen molar-refractivity contribution >= 4 is 23.1 Å². The summed E-state index contributed by atoms with van der Waals surface area (Å²) in [5.74, 6) is 0.767. The van der Waals surface area contributed by atoms with Crippen molar-refractivity contribution in [3.63, 3.8) is 0 Å². The summed E-state index contributed by atoms with van der Waals surface area (Å²) in [6.45, 7) is 2.63. The molecule has 0 amide bonds. The molecule has 1 unspecified atom stereocenters. The number of halogens is 1. The molecule has 2 aliphatic rings. The smallest absolute Gasteiger partial charge is 0.174 e. The second-order valence-electron chi connectivity index (χ2n) is 8.76. The maximum atomic E-state index is 13.8. The summed E-state index contributed by atoms with van der Waals surface area (Å²) in [5.41, 5.74) is 3.60. The van der Waals surface area contributed by atoms with Crippen molar-refractivity contribution in [2.75, 3.05) is 25.5 Å². The number of para-hydroxylation sites is 1. The molecule has 164 valence electrons. The van der Waals surface area contributed by atoms with Crippen molar-refractivity contribution < 1.29 is 9.53 Å². The van der Waals surface area contributed by atoms with Gasteiger partial charge in [-0.2, -0.15) is 0 Å². The molecule has 4 nitrogen and oxygen atoms in total. The average Bonchev–Trinajstić information content (AvgIpc) is 2.82. The van der Waals surface area contributed by atoms with Crippen LogP contribution in [0.3, 0.4) is 0 Å². The number of Topliss-reactive ketones (excluding diaryl/α,β-unsaturated/α-hetero) is 1.